The van der Waals surface area contributed by atoms with E-state index in [1.807, 2.05) is 54.6 Å². The molecule has 154 valence electrons. The quantitative estimate of drug-likeness (QED) is 0.749. The van der Waals surface area contributed by atoms with Crippen molar-refractivity contribution in [3.63, 3.8) is 0 Å². The van der Waals surface area contributed by atoms with Gasteiger partial charge in [0.15, 0.2) is 0 Å². The van der Waals surface area contributed by atoms with Crippen LogP contribution in [0.4, 0.5) is 5.69 Å². The first kappa shape index (κ1) is 19.2. The molecular formula is C23H21ClN2O4. The zero-order valence-electron chi connectivity index (χ0n) is 16.4. The first-order chi connectivity index (χ1) is 14.5. The summed E-state index contributed by atoms with van der Waals surface area (Å²) in [5, 5.41) is 3.54. The molecule has 3 heterocycles. The number of hydrogen-bond acceptors (Lipinski definition) is 4. The molecule has 6 nitrogen and oxygen atoms in total. The number of nitrogens with one attached hydrogen (secondary N) is 1. The maximum atomic E-state index is 13.3. The Morgan fingerprint density at radius 2 is 2.03 bits per heavy atom. The Hall–Kier alpha value is -2.83. The number of rotatable bonds is 5. The first-order valence-corrected chi connectivity index (χ1v) is 10.2. The fraction of sp³-hybridized carbons (Fsp3) is 0.304. The van der Waals surface area contributed by atoms with Gasteiger partial charge in [-0.15, -0.1) is 0 Å². The van der Waals surface area contributed by atoms with Crippen LogP contribution in [0, 0.1) is 11.8 Å². The van der Waals surface area contributed by atoms with E-state index in [2.05, 4.69) is 5.32 Å². The van der Waals surface area contributed by atoms with Crippen LogP contribution in [-0.2, 0) is 20.9 Å². The van der Waals surface area contributed by atoms with Crippen molar-refractivity contribution < 1.29 is 19.1 Å². The maximum absolute atomic E-state index is 13.3. The van der Waals surface area contributed by atoms with Crippen molar-refractivity contribution in [3.8, 4) is 5.75 Å². The minimum absolute atomic E-state index is 0.0927. The molecule has 2 amide bonds. The molecule has 2 aromatic carbocycles. The summed E-state index contributed by atoms with van der Waals surface area (Å²) in [6, 6.07) is 14.7. The van der Waals surface area contributed by atoms with Gasteiger partial charge in [0.1, 0.15) is 11.4 Å². The van der Waals surface area contributed by atoms with Gasteiger partial charge in [0.25, 0.3) is 0 Å². The van der Waals surface area contributed by atoms with Crippen molar-refractivity contribution in [2.75, 3.05) is 18.6 Å². The van der Waals surface area contributed by atoms with Gasteiger partial charge in [-0.25, -0.2) is 0 Å². The van der Waals surface area contributed by atoms with Crippen LogP contribution in [0.2, 0.25) is 5.02 Å². The average Bonchev–Trinajstić information content (AvgIpc) is 3.41. The van der Waals surface area contributed by atoms with Crippen molar-refractivity contribution in [1.29, 1.82) is 0 Å². The molecule has 2 bridgehead atoms. The van der Waals surface area contributed by atoms with Crippen molar-refractivity contribution in [2.24, 2.45) is 11.8 Å². The van der Waals surface area contributed by atoms with Gasteiger partial charge in [0, 0.05) is 17.3 Å². The van der Waals surface area contributed by atoms with Crippen molar-refractivity contribution in [2.45, 2.75) is 18.2 Å². The minimum Gasteiger partial charge on any atom is -0.497 e. The van der Waals surface area contributed by atoms with E-state index in [0.717, 1.165) is 17.0 Å². The van der Waals surface area contributed by atoms with Gasteiger partial charge < -0.3 is 19.7 Å². The smallest absolute Gasteiger partial charge is 0.234 e. The summed E-state index contributed by atoms with van der Waals surface area (Å²) in [4.78, 5) is 28.1. The Kier molecular flexibility index (Phi) is 4.56. The normalized spacial score (nSPS) is 28.7. The molecule has 1 spiro atoms. The molecule has 2 aromatic rings. The fourth-order valence-electron chi connectivity index (χ4n) is 4.72. The third-order valence-electron chi connectivity index (χ3n) is 6.20. The van der Waals surface area contributed by atoms with Crippen molar-refractivity contribution in [3.05, 3.63) is 71.3 Å². The SMILES string of the molecule is COc1ccc(N2C[C@@]34C=C[C@@H](O3)[C@@H](C(=O)NCc3ccccc3Cl)[C@H]4C2=O)cc1. The third kappa shape index (κ3) is 2.90. The highest BCUT2D eigenvalue weighted by atomic mass is 35.5. The van der Waals surface area contributed by atoms with Gasteiger partial charge >= 0.3 is 0 Å². The first-order valence-electron chi connectivity index (χ1n) is 9.86. The lowest BCUT2D eigenvalue weighted by Crippen LogP contribution is -2.44. The lowest BCUT2D eigenvalue weighted by atomic mass is 9.77. The number of benzene rings is 2. The summed E-state index contributed by atoms with van der Waals surface area (Å²) in [6.45, 7) is 0.700. The Labute approximate surface area is 179 Å². The standard InChI is InChI=1S/C23H21ClN2O4/c1-29-16-8-6-15(7-9-16)26-13-23-11-10-18(30-23)19(20(23)22(26)28)21(27)25-12-14-4-2-3-5-17(14)24/h2-11,18-20H,12-13H2,1H3,(H,25,27)/t18-,19-,20+,23-/m1/s1. The zero-order chi connectivity index (χ0) is 20.9. The van der Waals surface area contributed by atoms with Gasteiger partial charge in [0.05, 0.1) is 31.6 Å². The van der Waals surface area contributed by atoms with E-state index in [4.69, 9.17) is 21.1 Å². The van der Waals surface area contributed by atoms with Gasteiger partial charge in [-0.1, -0.05) is 42.0 Å². The number of halogens is 1. The molecule has 7 heteroatoms. The van der Waals surface area contributed by atoms with Gasteiger partial charge in [-0.05, 0) is 35.9 Å². The molecule has 0 aromatic heterocycles. The van der Waals surface area contributed by atoms with Crippen LogP contribution < -0.4 is 15.0 Å². The predicted molar refractivity (Wildman–Crippen MR) is 112 cm³/mol. The van der Waals surface area contributed by atoms with E-state index < -0.39 is 17.4 Å². The van der Waals surface area contributed by atoms with E-state index >= 15 is 0 Å². The molecule has 2 fully saturated rings. The lowest BCUT2D eigenvalue weighted by molar-refractivity contribution is -0.132. The summed E-state index contributed by atoms with van der Waals surface area (Å²) in [5.41, 5.74) is 0.841. The van der Waals surface area contributed by atoms with Crippen LogP contribution in [0.25, 0.3) is 0 Å². The monoisotopic (exact) mass is 424 g/mol. The van der Waals surface area contributed by atoms with E-state index in [9.17, 15) is 9.59 Å². The Balaban J connectivity index is 1.36. The number of hydrogen-bond donors (Lipinski definition) is 1. The number of carbonyl (C=O) groups excluding carboxylic acids is 2. The fourth-order valence-corrected chi connectivity index (χ4v) is 4.92. The van der Waals surface area contributed by atoms with Gasteiger partial charge in [-0.3, -0.25) is 9.59 Å². The van der Waals surface area contributed by atoms with Crippen molar-refractivity contribution in [1.82, 2.24) is 5.32 Å². The second-order valence-electron chi connectivity index (χ2n) is 7.83. The Bertz CT molecular complexity index is 1040. The minimum atomic E-state index is -0.756. The highest BCUT2D eigenvalue weighted by Gasteiger charge is 2.67. The summed E-state index contributed by atoms with van der Waals surface area (Å²) in [5.74, 6) is -0.669. The largest absolute Gasteiger partial charge is 0.497 e. The second kappa shape index (κ2) is 7.15. The Morgan fingerprint density at radius 3 is 2.77 bits per heavy atom. The number of amides is 2. The number of ether oxygens (including phenoxy) is 2. The second-order valence-corrected chi connectivity index (χ2v) is 8.24. The molecule has 3 aliphatic rings. The van der Waals surface area contributed by atoms with Crippen LogP contribution >= 0.6 is 11.6 Å². The molecule has 5 rings (SSSR count). The molecule has 30 heavy (non-hydrogen) atoms. The molecule has 4 atom stereocenters. The van der Waals surface area contributed by atoms with E-state index in [1.165, 1.54) is 0 Å². The van der Waals surface area contributed by atoms with Crippen LogP contribution in [-0.4, -0.2) is 37.2 Å². The van der Waals surface area contributed by atoms with E-state index in [-0.39, 0.29) is 17.9 Å². The lowest BCUT2D eigenvalue weighted by Gasteiger charge is -2.23. The highest BCUT2D eigenvalue weighted by Crippen LogP contribution is 2.52. The molecule has 2 saturated heterocycles. The maximum Gasteiger partial charge on any atom is 0.234 e. The summed E-state index contributed by atoms with van der Waals surface area (Å²) in [7, 11) is 1.60. The molecule has 0 unspecified atom stereocenters. The Morgan fingerprint density at radius 1 is 1.27 bits per heavy atom. The van der Waals surface area contributed by atoms with Crippen LogP contribution in [0.1, 0.15) is 5.56 Å². The highest BCUT2D eigenvalue weighted by molar-refractivity contribution is 6.31. The van der Waals surface area contributed by atoms with E-state index in [1.54, 1.807) is 18.1 Å². The van der Waals surface area contributed by atoms with Crippen LogP contribution in [0.5, 0.6) is 5.75 Å². The van der Waals surface area contributed by atoms with Crippen molar-refractivity contribution >= 4 is 29.1 Å². The number of carbonyl (C=O) groups is 2. The predicted octanol–water partition coefficient (Wildman–Crippen LogP) is 2.95. The summed E-state index contributed by atoms with van der Waals surface area (Å²) >= 11 is 6.19. The van der Waals surface area contributed by atoms with E-state index in [0.29, 0.717) is 18.1 Å². The molecule has 3 aliphatic heterocycles. The summed E-state index contributed by atoms with van der Waals surface area (Å²) < 4.78 is 11.4. The van der Waals surface area contributed by atoms with Gasteiger partial charge in [-0.2, -0.15) is 0 Å². The molecule has 1 N–H and O–H groups in total. The molecule has 0 aliphatic carbocycles. The molecular weight excluding hydrogens is 404 g/mol. The third-order valence-corrected chi connectivity index (χ3v) is 6.57. The van der Waals surface area contributed by atoms with Crippen LogP contribution in [0.3, 0.4) is 0 Å². The number of methoxy groups -OCH3 is 1. The van der Waals surface area contributed by atoms with Gasteiger partial charge in [0.2, 0.25) is 11.8 Å². The van der Waals surface area contributed by atoms with Crippen LogP contribution in [0.15, 0.2) is 60.7 Å². The zero-order valence-corrected chi connectivity index (χ0v) is 17.1. The number of fused-ring (bicyclic) bond motifs is 1. The summed E-state index contributed by atoms with van der Waals surface area (Å²) in [6.07, 6.45) is 3.46. The topological polar surface area (TPSA) is 67.9 Å². The number of anilines is 1. The molecule has 0 saturated carbocycles. The average molecular weight is 425 g/mol. The number of nitrogens with zero attached hydrogens (tertiary/aromatic N) is 1. The molecule has 0 radical (unpaired) electrons.